The number of alkyl carbamates (subject to hydrolysis) is 1. The van der Waals surface area contributed by atoms with Crippen molar-refractivity contribution in [3.05, 3.63) is 17.0 Å². The molecule has 8 nitrogen and oxygen atoms in total. The van der Waals surface area contributed by atoms with E-state index in [0.717, 1.165) is 55.2 Å². The summed E-state index contributed by atoms with van der Waals surface area (Å²) in [5, 5.41) is 13.6. The molecule has 29 heavy (non-hydrogen) atoms. The topological polar surface area (TPSA) is 101 Å². The van der Waals surface area contributed by atoms with E-state index in [1.54, 1.807) is 0 Å². The number of carbonyl (C=O) groups is 1. The molecule has 0 aliphatic rings. The van der Waals surface area contributed by atoms with Crippen LogP contribution in [0.3, 0.4) is 0 Å². The van der Waals surface area contributed by atoms with Crippen LogP contribution in [0.4, 0.5) is 4.79 Å². The molecule has 1 rings (SSSR count). The number of nitrogens with one attached hydrogen (secondary N) is 3. The summed E-state index contributed by atoms with van der Waals surface area (Å²) in [6.07, 6.45) is 3.45. The second-order valence-electron chi connectivity index (χ2n) is 8.18. The number of carbonyl (C=O) groups excluding carboxylic acids is 1. The number of amides is 1. The van der Waals surface area contributed by atoms with Crippen molar-refractivity contribution in [2.24, 2.45) is 4.99 Å². The number of rotatable bonds is 10. The lowest BCUT2D eigenvalue weighted by molar-refractivity contribution is 0.0522. The number of aromatic nitrogens is 1. The Kier molecular flexibility index (Phi) is 10.5. The van der Waals surface area contributed by atoms with E-state index in [1.807, 2.05) is 41.5 Å². The molecule has 0 saturated carbocycles. The van der Waals surface area contributed by atoms with E-state index in [1.165, 1.54) is 0 Å². The van der Waals surface area contributed by atoms with Crippen molar-refractivity contribution in [1.29, 1.82) is 0 Å². The van der Waals surface area contributed by atoms with Gasteiger partial charge in [-0.2, -0.15) is 0 Å². The highest BCUT2D eigenvalue weighted by atomic mass is 16.6. The fraction of sp³-hybridized carbons (Fsp3) is 0.762. The highest BCUT2D eigenvalue weighted by molar-refractivity contribution is 5.80. The van der Waals surface area contributed by atoms with Crippen LogP contribution in [0.15, 0.2) is 9.52 Å². The Morgan fingerprint density at radius 3 is 2.52 bits per heavy atom. The monoisotopic (exact) mass is 409 g/mol. The second-order valence-corrected chi connectivity index (χ2v) is 8.18. The molecule has 0 spiro atoms. The molecule has 8 heteroatoms. The molecular weight excluding hydrogens is 370 g/mol. The van der Waals surface area contributed by atoms with Gasteiger partial charge in [-0.05, 0) is 54.4 Å². The molecule has 0 saturated heterocycles. The Hall–Kier alpha value is -2.25. The lowest BCUT2D eigenvalue weighted by atomic mass is 10.1. The van der Waals surface area contributed by atoms with Crippen LogP contribution in [0.5, 0.6) is 0 Å². The first-order valence-electron chi connectivity index (χ1n) is 10.6. The molecule has 3 N–H and O–H groups in total. The van der Waals surface area contributed by atoms with Crippen molar-refractivity contribution in [1.82, 2.24) is 21.1 Å². The summed E-state index contributed by atoms with van der Waals surface area (Å²) in [5.41, 5.74) is 1.52. The first-order valence-corrected chi connectivity index (χ1v) is 10.6. The van der Waals surface area contributed by atoms with Gasteiger partial charge in [-0.1, -0.05) is 24.9 Å². The first-order chi connectivity index (χ1) is 13.7. The van der Waals surface area contributed by atoms with E-state index >= 15 is 0 Å². The molecule has 0 bridgehead atoms. The number of ether oxygens (including phenoxy) is 1. The van der Waals surface area contributed by atoms with Gasteiger partial charge in [0.05, 0.1) is 5.69 Å². The van der Waals surface area contributed by atoms with E-state index < -0.39 is 11.7 Å². The summed E-state index contributed by atoms with van der Waals surface area (Å²) in [5.74, 6) is 1.59. The van der Waals surface area contributed by atoms with Crippen molar-refractivity contribution >= 4 is 12.1 Å². The molecule has 0 aliphatic carbocycles. The molecule has 166 valence electrons. The number of nitrogens with zero attached hydrogens (tertiary/aromatic N) is 2. The number of aliphatic imine (C=N–C) groups is 1. The van der Waals surface area contributed by atoms with Crippen molar-refractivity contribution in [3.8, 4) is 0 Å². The third-order valence-corrected chi connectivity index (χ3v) is 4.30. The van der Waals surface area contributed by atoms with Crippen LogP contribution in [0.1, 0.15) is 70.9 Å². The molecule has 1 unspecified atom stereocenters. The molecule has 0 radical (unpaired) electrons. The summed E-state index contributed by atoms with van der Waals surface area (Å²) in [6.45, 7) is 15.5. The van der Waals surface area contributed by atoms with E-state index in [0.29, 0.717) is 13.1 Å². The summed E-state index contributed by atoms with van der Waals surface area (Å²) in [7, 11) is 0. The first kappa shape index (κ1) is 24.8. The van der Waals surface area contributed by atoms with E-state index in [2.05, 4.69) is 33.0 Å². The fourth-order valence-corrected chi connectivity index (χ4v) is 2.85. The average molecular weight is 410 g/mol. The number of unbranched alkanes of at least 4 members (excludes halogenated alkanes) is 1. The largest absolute Gasteiger partial charge is 0.444 e. The van der Waals surface area contributed by atoms with Gasteiger partial charge in [0.25, 0.3) is 0 Å². The van der Waals surface area contributed by atoms with Crippen LogP contribution in [0.25, 0.3) is 0 Å². The van der Waals surface area contributed by atoms with Crippen molar-refractivity contribution in [3.63, 3.8) is 0 Å². The van der Waals surface area contributed by atoms with Crippen LogP contribution < -0.4 is 16.0 Å². The fourth-order valence-electron chi connectivity index (χ4n) is 2.85. The molecular formula is C21H39N5O3. The molecule has 0 aliphatic heterocycles. The Balaban J connectivity index is 2.68. The molecule has 1 aromatic rings. The number of guanidine groups is 1. The minimum atomic E-state index is -0.509. The molecule has 1 amide bonds. The van der Waals surface area contributed by atoms with Crippen LogP contribution >= 0.6 is 0 Å². The third kappa shape index (κ3) is 10.2. The predicted molar refractivity (Wildman–Crippen MR) is 116 cm³/mol. The van der Waals surface area contributed by atoms with Gasteiger partial charge in [-0.15, -0.1) is 0 Å². The lowest BCUT2D eigenvalue weighted by Gasteiger charge is -2.24. The highest BCUT2D eigenvalue weighted by Crippen LogP contribution is 2.12. The smallest absolute Gasteiger partial charge is 0.407 e. The van der Waals surface area contributed by atoms with Gasteiger partial charge in [0.1, 0.15) is 11.4 Å². The lowest BCUT2D eigenvalue weighted by Crippen LogP contribution is -2.49. The molecule has 0 aromatic carbocycles. The summed E-state index contributed by atoms with van der Waals surface area (Å²) in [4.78, 5) is 16.7. The van der Waals surface area contributed by atoms with E-state index in [9.17, 15) is 4.79 Å². The molecule has 1 aromatic heterocycles. The normalized spacial score (nSPS) is 13.1. The van der Waals surface area contributed by atoms with Gasteiger partial charge in [0, 0.05) is 31.2 Å². The van der Waals surface area contributed by atoms with Gasteiger partial charge in [0.2, 0.25) is 0 Å². The van der Waals surface area contributed by atoms with Crippen molar-refractivity contribution in [2.75, 3.05) is 19.6 Å². The summed E-state index contributed by atoms with van der Waals surface area (Å²) >= 11 is 0. The maximum Gasteiger partial charge on any atom is 0.407 e. The number of hydrogen-bond donors (Lipinski definition) is 3. The number of aryl methyl sites for hydroxylation is 2. The van der Waals surface area contributed by atoms with Crippen LogP contribution in [0, 0.1) is 13.8 Å². The van der Waals surface area contributed by atoms with Gasteiger partial charge in [-0.3, -0.25) is 4.99 Å². The quantitative estimate of drug-likeness (QED) is 0.404. The minimum Gasteiger partial charge on any atom is -0.444 e. The average Bonchev–Trinajstić information content (AvgIpc) is 2.94. The van der Waals surface area contributed by atoms with Crippen LogP contribution in [0.2, 0.25) is 0 Å². The van der Waals surface area contributed by atoms with E-state index in [-0.39, 0.29) is 6.04 Å². The van der Waals surface area contributed by atoms with Gasteiger partial charge in [0.15, 0.2) is 5.96 Å². The van der Waals surface area contributed by atoms with Gasteiger partial charge >= 0.3 is 6.09 Å². The molecule has 1 heterocycles. The number of hydrogen-bond acceptors (Lipinski definition) is 5. The molecule has 0 fully saturated rings. The summed E-state index contributed by atoms with van der Waals surface area (Å²) in [6, 6.07) is 0.0688. The zero-order valence-corrected chi connectivity index (χ0v) is 19.1. The standard InChI is InChI=1S/C21H39N5O3/c1-8-10-11-17(14-24-20(27)28-21(5,6)7)25-19(22-9-2)23-13-12-18-15(3)26-29-16(18)4/h17H,8-14H2,1-7H3,(H,24,27)(H2,22,23,25). The maximum absolute atomic E-state index is 12.0. The second kappa shape index (κ2) is 12.3. The Bertz CT molecular complexity index is 630. The highest BCUT2D eigenvalue weighted by Gasteiger charge is 2.18. The van der Waals surface area contributed by atoms with Gasteiger partial charge in [-0.25, -0.2) is 4.79 Å². The Morgan fingerprint density at radius 2 is 1.97 bits per heavy atom. The van der Waals surface area contributed by atoms with E-state index in [4.69, 9.17) is 9.26 Å². The summed E-state index contributed by atoms with van der Waals surface area (Å²) < 4.78 is 10.6. The Labute approximate surface area is 175 Å². The van der Waals surface area contributed by atoms with Gasteiger partial charge < -0.3 is 25.2 Å². The zero-order valence-electron chi connectivity index (χ0n) is 19.1. The third-order valence-electron chi connectivity index (χ3n) is 4.30. The Morgan fingerprint density at radius 1 is 1.24 bits per heavy atom. The van der Waals surface area contributed by atoms with Crippen molar-refractivity contribution < 1.29 is 14.1 Å². The SMILES string of the molecule is CCCCC(CNC(=O)OC(C)(C)C)NC(=NCCc1c(C)noc1C)NCC. The maximum atomic E-state index is 12.0. The minimum absolute atomic E-state index is 0.0688. The predicted octanol–water partition coefficient (Wildman–Crippen LogP) is 3.47. The zero-order chi connectivity index (χ0) is 21.9. The van der Waals surface area contributed by atoms with Crippen LogP contribution in [-0.4, -0.2) is 48.5 Å². The van der Waals surface area contributed by atoms with Crippen LogP contribution in [-0.2, 0) is 11.2 Å². The molecule has 1 atom stereocenters. The van der Waals surface area contributed by atoms with Crippen molar-refractivity contribution in [2.45, 2.75) is 85.8 Å².